The monoisotopic (exact) mass is 528 g/mol. The molecule has 1 aliphatic heterocycles. The molecule has 2 aromatic rings. The van der Waals surface area contributed by atoms with Gasteiger partial charge in [0.15, 0.2) is 17.4 Å². The van der Waals surface area contributed by atoms with Crippen LogP contribution < -0.4 is 26.0 Å². The molecule has 1 saturated heterocycles. The molecule has 2 aromatic heterocycles. The molecule has 3 rings (SSSR count). The van der Waals surface area contributed by atoms with Crippen molar-refractivity contribution in [2.75, 3.05) is 12.3 Å². The highest BCUT2D eigenvalue weighted by atomic mass is 31.3. The fourth-order valence-electron chi connectivity index (χ4n) is 2.71. The summed E-state index contributed by atoms with van der Waals surface area (Å²) in [4.78, 5) is 55.8. The van der Waals surface area contributed by atoms with Crippen LogP contribution in [0.1, 0.15) is 6.23 Å². The summed E-state index contributed by atoms with van der Waals surface area (Å²) in [6.45, 7) is -1.09. The third-order valence-electron chi connectivity index (χ3n) is 4.02. The number of rotatable bonds is 8. The van der Waals surface area contributed by atoms with Crippen molar-refractivity contribution in [2.45, 2.75) is 24.5 Å². The van der Waals surface area contributed by atoms with Crippen molar-refractivity contribution in [3.63, 3.8) is 0 Å². The van der Waals surface area contributed by atoms with Gasteiger partial charge in [-0.2, -0.15) is 4.98 Å². The number of terminal acetylenes is 1. The maximum Gasteiger partial charge on any atom is 0.280 e. The fraction of sp³-hybridized carbons (Fsp3) is 0.417. The number of ether oxygens (including phenoxy) is 1. The lowest BCUT2D eigenvalue weighted by molar-refractivity contribution is -0.245. The van der Waals surface area contributed by atoms with Gasteiger partial charge in [-0.1, -0.05) is 0 Å². The first-order chi connectivity index (χ1) is 15.1. The fourth-order valence-corrected chi connectivity index (χ4v) is 5.83. The minimum Gasteiger partial charge on any atom is -0.768 e. The van der Waals surface area contributed by atoms with Gasteiger partial charge in [-0.25, -0.2) is 9.29 Å². The number of phosphoric acid groups is 2. The van der Waals surface area contributed by atoms with Crippen LogP contribution in [0.3, 0.4) is 0 Å². The number of imidazole rings is 1. The molecule has 0 saturated carbocycles. The molecule has 182 valence electrons. The number of aliphatic hydroxyl groups is 2. The molecule has 33 heavy (non-hydrogen) atoms. The van der Waals surface area contributed by atoms with Gasteiger partial charge < -0.3 is 39.9 Å². The molecule has 3 heterocycles. The quantitative estimate of drug-likeness (QED) is 0.190. The molecule has 0 amide bonds. The Kier molecular flexibility index (Phi) is 7.00. The first kappa shape index (κ1) is 25.7. The zero-order valence-electron chi connectivity index (χ0n) is 15.8. The lowest BCUT2D eigenvalue weighted by atomic mass is 10.1. The molecule has 0 bridgehead atoms. The lowest BCUT2D eigenvalue weighted by Crippen LogP contribution is -2.34. The zero-order chi connectivity index (χ0) is 24.8. The number of phosphoric ester groups is 1. The number of hydrogen-bond acceptors (Lipinski definition) is 16. The summed E-state index contributed by atoms with van der Waals surface area (Å²) >= 11 is 0. The zero-order valence-corrected chi connectivity index (χ0v) is 18.5. The van der Waals surface area contributed by atoms with Gasteiger partial charge in [-0.05, 0) is 5.66 Å². The number of nitrogens with one attached hydrogen (secondary N) is 1. The Bertz CT molecular complexity index is 1300. The van der Waals surface area contributed by atoms with Gasteiger partial charge in [0.2, 0.25) is 13.5 Å². The Morgan fingerprint density at radius 2 is 1.91 bits per heavy atom. The van der Waals surface area contributed by atoms with E-state index in [9.17, 15) is 43.4 Å². The minimum atomic E-state index is -6.02. The van der Waals surface area contributed by atoms with E-state index in [4.69, 9.17) is 10.5 Å². The predicted molar refractivity (Wildman–Crippen MR) is 98.3 cm³/mol. The Balaban J connectivity index is 1.72. The summed E-state index contributed by atoms with van der Waals surface area (Å²) < 4.78 is 51.8. The molecule has 5 N–H and O–H groups in total. The van der Waals surface area contributed by atoms with Crippen LogP contribution in [0, 0.1) is 12.1 Å². The standard InChI is InChI=1S/C12H16N5O13P3/c1-2-31(21,22)29-33(25,26)30-32(23,24)27-3-5-7(18)8(19)11(28-5)17-4-14-6-9(17)15-12(13)16-10(6)20/h1,4-5,7-8,11,18-19H,3H2,(H,21,22)(H,23,24)(H,25,26)(H3,13,15,16,20)/p-3/t5-,7?,8+,11-/m1/s1. The molecule has 0 spiro atoms. The van der Waals surface area contributed by atoms with E-state index in [0.717, 1.165) is 16.6 Å². The Morgan fingerprint density at radius 1 is 1.24 bits per heavy atom. The lowest BCUT2D eigenvalue weighted by Gasteiger charge is -2.33. The average molecular weight is 528 g/mol. The summed E-state index contributed by atoms with van der Waals surface area (Å²) in [6.07, 6.45) is -1.00. The number of H-pyrrole nitrogens is 1. The largest absolute Gasteiger partial charge is 0.768 e. The number of aliphatic hydroxyl groups excluding tert-OH is 2. The van der Waals surface area contributed by atoms with Crippen molar-refractivity contribution in [3.8, 4) is 12.1 Å². The summed E-state index contributed by atoms with van der Waals surface area (Å²) in [5.41, 5.74) is 5.43. The number of nitrogen functional groups attached to an aromatic ring is 1. The molecule has 18 nitrogen and oxygen atoms in total. The van der Waals surface area contributed by atoms with Crippen molar-refractivity contribution >= 4 is 40.4 Å². The van der Waals surface area contributed by atoms with Crippen LogP contribution >= 0.6 is 23.2 Å². The summed E-state index contributed by atoms with van der Waals surface area (Å²) in [5, 5.41) is 20.4. The van der Waals surface area contributed by atoms with Crippen LogP contribution in [-0.2, 0) is 31.6 Å². The first-order valence-electron chi connectivity index (χ1n) is 8.37. The molecule has 1 fully saturated rings. The summed E-state index contributed by atoms with van der Waals surface area (Å²) in [6, 6.07) is 0. The van der Waals surface area contributed by atoms with E-state index >= 15 is 0 Å². The van der Waals surface area contributed by atoms with Crippen LogP contribution in [-0.4, -0.2) is 54.7 Å². The molecule has 0 aromatic carbocycles. The van der Waals surface area contributed by atoms with Crippen molar-refractivity contribution < 1.29 is 56.5 Å². The van der Waals surface area contributed by atoms with E-state index in [2.05, 4.69) is 34.5 Å². The van der Waals surface area contributed by atoms with Gasteiger partial charge in [-0.15, -0.1) is 6.42 Å². The van der Waals surface area contributed by atoms with Crippen LogP contribution in [0.5, 0.6) is 0 Å². The van der Waals surface area contributed by atoms with Gasteiger partial charge in [0.1, 0.15) is 18.3 Å². The summed E-state index contributed by atoms with van der Waals surface area (Å²) in [5.74, 6) is -0.289. The third kappa shape index (κ3) is 5.76. The summed E-state index contributed by atoms with van der Waals surface area (Å²) in [7, 11) is -17.2. The van der Waals surface area contributed by atoms with E-state index < -0.39 is 59.9 Å². The first-order valence-corrected chi connectivity index (χ1v) is 12.8. The smallest absolute Gasteiger partial charge is 0.280 e. The SMILES string of the molecule is C#CP(=O)([O-])OP(=O)([O-])OP(=O)([O-])OC[C@H]1O[C@@H](n2cnc3c(=O)[nH]c(N)nc32)[C@@H](O)C1O. The number of fused-ring (bicyclic) bond motifs is 1. The molecule has 7 atom stereocenters. The minimum absolute atomic E-state index is 0.133. The third-order valence-corrected chi connectivity index (χ3v) is 8.07. The van der Waals surface area contributed by atoms with Crippen LogP contribution in [0.4, 0.5) is 5.95 Å². The molecular weight excluding hydrogens is 515 g/mol. The second kappa shape index (κ2) is 9.01. The number of aromatic nitrogens is 4. The number of nitrogens with zero attached hydrogens (tertiary/aromatic N) is 3. The van der Waals surface area contributed by atoms with Crippen molar-refractivity contribution in [3.05, 3.63) is 16.7 Å². The maximum absolute atomic E-state index is 11.9. The van der Waals surface area contributed by atoms with Crippen molar-refractivity contribution in [1.29, 1.82) is 0 Å². The average Bonchev–Trinajstić information content (AvgIpc) is 3.20. The highest BCUT2D eigenvalue weighted by Crippen LogP contribution is 2.62. The molecule has 1 aliphatic rings. The van der Waals surface area contributed by atoms with E-state index in [-0.39, 0.29) is 17.1 Å². The number of hydrogen-bond donors (Lipinski definition) is 4. The van der Waals surface area contributed by atoms with Gasteiger partial charge in [0.05, 0.1) is 12.9 Å². The number of nitrogens with two attached hydrogens (primary N) is 1. The topological polar surface area (TPSA) is 287 Å². The normalized spacial score (nSPS) is 28.6. The van der Waals surface area contributed by atoms with Gasteiger partial charge in [-0.3, -0.25) is 32.4 Å². The second-order valence-corrected chi connectivity index (χ2v) is 10.9. The van der Waals surface area contributed by atoms with Crippen LogP contribution in [0.2, 0.25) is 0 Å². The Morgan fingerprint density at radius 3 is 2.55 bits per heavy atom. The van der Waals surface area contributed by atoms with Gasteiger partial charge in [0.25, 0.3) is 21.2 Å². The number of anilines is 1. The molecule has 0 aliphatic carbocycles. The van der Waals surface area contributed by atoms with Gasteiger partial charge >= 0.3 is 0 Å². The highest BCUT2D eigenvalue weighted by Gasteiger charge is 2.45. The second-order valence-electron chi connectivity index (χ2n) is 6.30. The predicted octanol–water partition coefficient (Wildman–Crippen LogP) is -3.55. The Labute approximate surface area is 182 Å². The maximum atomic E-state index is 11.9. The van der Waals surface area contributed by atoms with Crippen molar-refractivity contribution in [2.24, 2.45) is 0 Å². The van der Waals surface area contributed by atoms with E-state index in [0.29, 0.717) is 0 Å². The van der Waals surface area contributed by atoms with Crippen LogP contribution in [0.25, 0.3) is 11.2 Å². The molecular formula is C12H13N5O13P3-3. The molecule has 0 radical (unpaired) electrons. The van der Waals surface area contributed by atoms with E-state index in [1.807, 2.05) is 0 Å². The highest BCUT2D eigenvalue weighted by molar-refractivity contribution is 7.69. The Hall–Kier alpha value is -1.96. The molecule has 21 heteroatoms. The van der Waals surface area contributed by atoms with Gasteiger partial charge in [0, 0.05) is 0 Å². The van der Waals surface area contributed by atoms with Crippen LogP contribution in [0.15, 0.2) is 11.1 Å². The molecule has 4 unspecified atom stereocenters. The number of aromatic amines is 1. The van der Waals surface area contributed by atoms with Crippen molar-refractivity contribution in [1.82, 2.24) is 19.5 Å². The van der Waals surface area contributed by atoms with E-state index in [1.165, 1.54) is 0 Å². The van der Waals surface area contributed by atoms with E-state index in [1.54, 1.807) is 0 Å².